The Hall–Kier alpha value is -2.68. The van der Waals surface area contributed by atoms with Crippen LogP contribution in [0, 0.1) is 5.92 Å². The van der Waals surface area contributed by atoms with Gasteiger partial charge in [-0.3, -0.25) is 14.5 Å². The van der Waals surface area contributed by atoms with Gasteiger partial charge in [0.25, 0.3) is 5.91 Å². The van der Waals surface area contributed by atoms with E-state index in [1.165, 1.54) is 5.57 Å². The molecular weight excluding hydrogens is 396 g/mol. The number of aliphatic imine (C=N–C) groups is 1. The number of hydrogen-bond acceptors (Lipinski definition) is 5. The first-order valence-corrected chi connectivity index (χ1v) is 11.0. The average Bonchev–Trinajstić information content (AvgIpc) is 3.48. The molecule has 3 amide bonds. The van der Waals surface area contributed by atoms with Crippen molar-refractivity contribution in [1.29, 1.82) is 0 Å². The number of carbonyl (C=O) groups is 2. The molecule has 1 N–H and O–H groups in total. The van der Waals surface area contributed by atoms with Crippen LogP contribution in [0.1, 0.15) is 49.3 Å². The zero-order chi connectivity index (χ0) is 22.1. The third-order valence-corrected chi connectivity index (χ3v) is 6.52. The molecular formula is C22H32N6O3. The Balaban J connectivity index is 1.34. The number of nitrogens with zero attached hydrogens (tertiary/aromatic N) is 5. The number of aryl methyl sites for hydroxylation is 1. The Kier molecular flexibility index (Phi) is 6.13. The third kappa shape index (κ3) is 4.37. The minimum atomic E-state index is -0.227. The Bertz CT molecular complexity index is 918. The van der Waals surface area contributed by atoms with E-state index in [9.17, 15) is 9.59 Å². The molecule has 0 spiro atoms. The quantitative estimate of drug-likeness (QED) is 0.750. The lowest BCUT2D eigenvalue weighted by molar-refractivity contribution is 0.0968. The summed E-state index contributed by atoms with van der Waals surface area (Å²) >= 11 is 0. The van der Waals surface area contributed by atoms with Crippen molar-refractivity contribution in [3.8, 4) is 0 Å². The van der Waals surface area contributed by atoms with Crippen molar-refractivity contribution in [2.75, 3.05) is 26.7 Å². The minimum absolute atomic E-state index is 0.175. The molecule has 168 valence electrons. The van der Waals surface area contributed by atoms with Crippen LogP contribution in [-0.4, -0.2) is 76.2 Å². The number of amidine groups is 1. The molecule has 31 heavy (non-hydrogen) atoms. The molecule has 0 unspecified atom stereocenters. The van der Waals surface area contributed by atoms with Gasteiger partial charge in [0.1, 0.15) is 11.5 Å². The number of hydrogen-bond donors (Lipinski definition) is 1. The second-order valence-electron chi connectivity index (χ2n) is 8.88. The van der Waals surface area contributed by atoms with Gasteiger partial charge in [-0.25, -0.2) is 4.79 Å². The summed E-state index contributed by atoms with van der Waals surface area (Å²) in [6.45, 7) is 6.75. The molecule has 2 aliphatic heterocycles. The SMILES string of the molecule is COCc1cc(C(=O)NC2=NCC([C@H]3CC[C@H](N4CCN(C(C)C)C4=O)C3)=C2)n(C)n1. The first kappa shape index (κ1) is 21.5. The maximum Gasteiger partial charge on any atom is 0.320 e. The Morgan fingerprint density at radius 3 is 2.84 bits per heavy atom. The molecule has 1 saturated heterocycles. The molecule has 0 bridgehead atoms. The molecule has 1 aromatic heterocycles. The number of aromatic nitrogens is 2. The summed E-state index contributed by atoms with van der Waals surface area (Å²) in [4.78, 5) is 33.9. The highest BCUT2D eigenvalue weighted by molar-refractivity contribution is 6.10. The highest BCUT2D eigenvalue weighted by Gasteiger charge is 2.39. The fraction of sp³-hybridized carbons (Fsp3) is 0.636. The van der Waals surface area contributed by atoms with Crippen molar-refractivity contribution in [2.45, 2.75) is 51.8 Å². The lowest BCUT2D eigenvalue weighted by Crippen LogP contribution is -2.40. The van der Waals surface area contributed by atoms with Crippen LogP contribution < -0.4 is 5.32 Å². The number of nitrogens with one attached hydrogen (secondary N) is 1. The first-order valence-electron chi connectivity index (χ1n) is 11.0. The normalized spacial score (nSPS) is 23.7. The Morgan fingerprint density at radius 1 is 1.32 bits per heavy atom. The number of methoxy groups -OCH3 is 1. The van der Waals surface area contributed by atoms with Crippen molar-refractivity contribution < 1.29 is 14.3 Å². The number of amides is 3. The van der Waals surface area contributed by atoms with Crippen LogP contribution in [0.5, 0.6) is 0 Å². The Morgan fingerprint density at radius 2 is 2.13 bits per heavy atom. The number of carbonyl (C=O) groups excluding carboxylic acids is 2. The van der Waals surface area contributed by atoms with Gasteiger partial charge in [-0.15, -0.1) is 0 Å². The summed E-state index contributed by atoms with van der Waals surface area (Å²) in [6, 6.07) is 2.45. The molecule has 4 rings (SSSR count). The first-order chi connectivity index (χ1) is 14.9. The van der Waals surface area contributed by atoms with E-state index in [1.807, 2.05) is 11.0 Å². The summed E-state index contributed by atoms with van der Waals surface area (Å²) < 4.78 is 6.64. The second-order valence-corrected chi connectivity index (χ2v) is 8.88. The van der Waals surface area contributed by atoms with Crippen LogP contribution in [0.15, 0.2) is 22.7 Å². The summed E-state index contributed by atoms with van der Waals surface area (Å²) in [5.41, 5.74) is 2.43. The maximum atomic E-state index is 12.7. The number of rotatable bonds is 6. The molecule has 3 heterocycles. The topological polar surface area (TPSA) is 92.1 Å². The number of urea groups is 1. The van der Waals surface area contributed by atoms with Gasteiger partial charge in [0.2, 0.25) is 0 Å². The van der Waals surface area contributed by atoms with Crippen molar-refractivity contribution in [3.63, 3.8) is 0 Å². The van der Waals surface area contributed by atoms with E-state index >= 15 is 0 Å². The molecule has 9 nitrogen and oxygen atoms in total. The molecule has 1 aromatic rings. The van der Waals surface area contributed by atoms with Gasteiger partial charge < -0.3 is 19.9 Å². The monoisotopic (exact) mass is 428 g/mol. The number of ether oxygens (including phenoxy) is 1. The van der Waals surface area contributed by atoms with Gasteiger partial charge in [0.15, 0.2) is 0 Å². The lowest BCUT2D eigenvalue weighted by Gasteiger charge is -2.26. The predicted molar refractivity (Wildman–Crippen MR) is 117 cm³/mol. The van der Waals surface area contributed by atoms with Gasteiger partial charge >= 0.3 is 6.03 Å². The molecule has 2 fully saturated rings. The van der Waals surface area contributed by atoms with Crippen LogP contribution in [0.2, 0.25) is 0 Å². The van der Waals surface area contributed by atoms with Crippen molar-refractivity contribution in [3.05, 3.63) is 29.1 Å². The van der Waals surface area contributed by atoms with E-state index in [1.54, 1.807) is 24.9 Å². The highest BCUT2D eigenvalue weighted by Crippen LogP contribution is 2.36. The molecule has 3 aliphatic rings. The standard InChI is InChI=1S/C22H32N6O3/c1-14(2)27-7-8-28(22(27)30)18-6-5-15(9-18)16-10-20(23-12-16)24-21(29)19-11-17(13-31-4)25-26(19)3/h10-11,14-15,18H,5-9,12-13H2,1-4H3,(H,23,24,29)/t15-,18-/m0/s1. The van der Waals surface area contributed by atoms with Crippen LogP contribution in [0.3, 0.4) is 0 Å². The van der Waals surface area contributed by atoms with Crippen molar-refractivity contribution >= 4 is 17.8 Å². The summed E-state index contributed by atoms with van der Waals surface area (Å²) in [7, 11) is 3.34. The van der Waals surface area contributed by atoms with Crippen molar-refractivity contribution in [2.24, 2.45) is 18.0 Å². The van der Waals surface area contributed by atoms with E-state index in [0.29, 0.717) is 42.3 Å². The van der Waals surface area contributed by atoms with Gasteiger partial charge in [-0.05, 0) is 56.7 Å². The van der Waals surface area contributed by atoms with Gasteiger partial charge in [-0.1, -0.05) is 0 Å². The lowest BCUT2D eigenvalue weighted by atomic mass is 9.97. The molecule has 0 aromatic carbocycles. The maximum absolute atomic E-state index is 12.7. The van der Waals surface area contributed by atoms with Crippen LogP contribution in [0.4, 0.5) is 4.79 Å². The van der Waals surface area contributed by atoms with E-state index in [4.69, 9.17) is 4.74 Å². The second kappa shape index (κ2) is 8.82. The van der Waals surface area contributed by atoms with Gasteiger partial charge in [0.05, 0.1) is 18.8 Å². The molecule has 9 heteroatoms. The van der Waals surface area contributed by atoms with Gasteiger partial charge in [-0.2, -0.15) is 5.10 Å². The largest absolute Gasteiger partial charge is 0.378 e. The fourth-order valence-corrected chi connectivity index (χ4v) is 4.87. The van der Waals surface area contributed by atoms with Crippen LogP contribution in [-0.2, 0) is 18.4 Å². The fourth-order valence-electron chi connectivity index (χ4n) is 4.87. The average molecular weight is 429 g/mol. The summed E-state index contributed by atoms with van der Waals surface area (Å²) in [6.07, 6.45) is 5.06. The van der Waals surface area contributed by atoms with E-state index in [2.05, 4.69) is 34.2 Å². The third-order valence-electron chi connectivity index (χ3n) is 6.52. The van der Waals surface area contributed by atoms with E-state index in [0.717, 1.165) is 32.4 Å². The summed E-state index contributed by atoms with van der Waals surface area (Å²) in [5, 5.41) is 7.18. The zero-order valence-corrected chi connectivity index (χ0v) is 18.8. The zero-order valence-electron chi connectivity index (χ0n) is 18.8. The molecule has 1 saturated carbocycles. The van der Waals surface area contributed by atoms with Gasteiger partial charge in [0, 0.05) is 39.3 Å². The van der Waals surface area contributed by atoms with Crippen LogP contribution >= 0.6 is 0 Å². The molecule has 2 atom stereocenters. The van der Waals surface area contributed by atoms with E-state index < -0.39 is 0 Å². The smallest absolute Gasteiger partial charge is 0.320 e. The molecule has 0 radical (unpaired) electrons. The summed E-state index contributed by atoms with van der Waals surface area (Å²) in [5.74, 6) is 0.782. The highest BCUT2D eigenvalue weighted by atomic mass is 16.5. The van der Waals surface area contributed by atoms with Crippen LogP contribution in [0.25, 0.3) is 0 Å². The minimum Gasteiger partial charge on any atom is -0.378 e. The Labute approximate surface area is 183 Å². The molecule has 1 aliphatic carbocycles. The van der Waals surface area contributed by atoms with Crippen molar-refractivity contribution in [1.82, 2.24) is 24.9 Å². The predicted octanol–water partition coefficient (Wildman–Crippen LogP) is 1.95. The van der Waals surface area contributed by atoms with E-state index in [-0.39, 0.29) is 18.0 Å².